The highest BCUT2D eigenvalue weighted by Gasteiger charge is 2.15. The van der Waals surface area contributed by atoms with Crippen LogP contribution >= 0.6 is 0 Å². The largest absolute Gasteiger partial charge is 0.305 e. The van der Waals surface area contributed by atoms with Crippen LogP contribution < -0.4 is 5.32 Å². The summed E-state index contributed by atoms with van der Waals surface area (Å²) in [4.78, 5) is 11.0. The number of nitrogens with zero attached hydrogens (tertiary/aromatic N) is 3. The van der Waals surface area contributed by atoms with Crippen molar-refractivity contribution >= 4 is 11.7 Å². The van der Waals surface area contributed by atoms with Gasteiger partial charge in [-0.05, 0) is 36.3 Å². The zero-order valence-corrected chi connectivity index (χ0v) is 9.31. The van der Waals surface area contributed by atoms with Crippen LogP contribution in [0.15, 0.2) is 16.8 Å². The van der Waals surface area contributed by atoms with Gasteiger partial charge in [-0.1, -0.05) is 0 Å². The summed E-state index contributed by atoms with van der Waals surface area (Å²) < 4.78 is 6.51. The number of hydrogen-bond acceptors (Lipinski definition) is 4. The standard InChI is InChI=1S/C10H12N4O2/c1-6-4-5-7(2)14(6)10-9(11-8(3)15)12-16-13-10/h4-5H,1-3H3,(H,11,12,15). The molecule has 0 radical (unpaired) electrons. The second-order valence-corrected chi connectivity index (χ2v) is 3.57. The Labute approximate surface area is 92.2 Å². The normalized spacial score (nSPS) is 10.4. The van der Waals surface area contributed by atoms with Crippen molar-refractivity contribution in [3.8, 4) is 5.82 Å². The molecule has 6 heteroatoms. The van der Waals surface area contributed by atoms with Crippen LogP contribution in [0.2, 0.25) is 0 Å². The van der Waals surface area contributed by atoms with E-state index in [1.54, 1.807) is 0 Å². The van der Waals surface area contributed by atoms with Crippen molar-refractivity contribution < 1.29 is 9.42 Å². The summed E-state index contributed by atoms with van der Waals surface area (Å²) in [7, 11) is 0. The first kappa shape index (κ1) is 10.4. The van der Waals surface area contributed by atoms with Crippen molar-refractivity contribution in [1.29, 1.82) is 0 Å². The third kappa shape index (κ3) is 1.69. The lowest BCUT2D eigenvalue weighted by Crippen LogP contribution is -2.10. The monoisotopic (exact) mass is 220 g/mol. The quantitative estimate of drug-likeness (QED) is 0.831. The molecule has 16 heavy (non-hydrogen) atoms. The fraction of sp³-hybridized carbons (Fsp3) is 0.300. The summed E-state index contributed by atoms with van der Waals surface area (Å²) in [5.74, 6) is 0.615. The Balaban J connectivity index is 2.48. The van der Waals surface area contributed by atoms with E-state index in [1.807, 2.05) is 30.5 Å². The molecule has 2 rings (SSSR count). The predicted octanol–water partition coefficient (Wildman–Crippen LogP) is 1.44. The van der Waals surface area contributed by atoms with Crippen LogP contribution in [-0.4, -0.2) is 20.8 Å². The van der Waals surface area contributed by atoms with Crippen LogP contribution in [0.4, 0.5) is 5.82 Å². The predicted molar refractivity (Wildman–Crippen MR) is 57.4 cm³/mol. The van der Waals surface area contributed by atoms with E-state index in [1.165, 1.54) is 6.92 Å². The van der Waals surface area contributed by atoms with Crippen LogP contribution in [0.3, 0.4) is 0 Å². The van der Waals surface area contributed by atoms with Gasteiger partial charge >= 0.3 is 0 Å². The highest BCUT2D eigenvalue weighted by atomic mass is 16.6. The van der Waals surface area contributed by atoms with E-state index in [0.717, 1.165) is 11.4 Å². The van der Waals surface area contributed by atoms with Gasteiger partial charge in [-0.2, -0.15) is 0 Å². The van der Waals surface area contributed by atoms with Gasteiger partial charge in [0.05, 0.1) is 0 Å². The van der Waals surface area contributed by atoms with Gasteiger partial charge in [0, 0.05) is 18.3 Å². The molecular formula is C10H12N4O2. The smallest absolute Gasteiger partial charge is 0.226 e. The number of carbonyl (C=O) groups excluding carboxylic acids is 1. The zero-order chi connectivity index (χ0) is 11.7. The molecule has 0 fully saturated rings. The topological polar surface area (TPSA) is 73.0 Å². The van der Waals surface area contributed by atoms with Gasteiger partial charge in [-0.25, -0.2) is 4.63 Å². The number of aryl methyl sites for hydroxylation is 2. The molecular weight excluding hydrogens is 208 g/mol. The summed E-state index contributed by atoms with van der Waals surface area (Å²) in [5, 5.41) is 10.0. The van der Waals surface area contributed by atoms with E-state index >= 15 is 0 Å². The minimum Gasteiger partial charge on any atom is -0.305 e. The Morgan fingerprint density at radius 1 is 1.31 bits per heavy atom. The van der Waals surface area contributed by atoms with Crippen LogP contribution in [0.1, 0.15) is 18.3 Å². The highest BCUT2D eigenvalue weighted by molar-refractivity contribution is 5.89. The summed E-state index contributed by atoms with van der Waals surface area (Å²) >= 11 is 0. The van der Waals surface area contributed by atoms with E-state index in [9.17, 15) is 4.79 Å². The van der Waals surface area contributed by atoms with E-state index < -0.39 is 0 Å². The van der Waals surface area contributed by atoms with Crippen molar-refractivity contribution in [2.24, 2.45) is 0 Å². The number of hydrogen-bond donors (Lipinski definition) is 1. The van der Waals surface area contributed by atoms with Gasteiger partial charge in [0.2, 0.25) is 17.5 Å². The zero-order valence-electron chi connectivity index (χ0n) is 9.31. The Hall–Kier alpha value is -2.11. The maximum atomic E-state index is 11.0. The average molecular weight is 220 g/mol. The molecule has 0 unspecified atom stereocenters. The van der Waals surface area contributed by atoms with Crippen LogP contribution in [0.25, 0.3) is 5.82 Å². The number of rotatable bonds is 2. The molecule has 0 atom stereocenters. The third-order valence-electron chi connectivity index (χ3n) is 2.25. The maximum absolute atomic E-state index is 11.0. The SMILES string of the molecule is CC(=O)Nc1nonc1-n1c(C)ccc1C. The Morgan fingerprint density at radius 3 is 2.50 bits per heavy atom. The van der Waals surface area contributed by atoms with Crippen LogP contribution in [0, 0.1) is 13.8 Å². The van der Waals surface area contributed by atoms with Gasteiger partial charge in [-0.15, -0.1) is 0 Å². The number of amides is 1. The second kappa shape index (κ2) is 3.80. The molecule has 1 N–H and O–H groups in total. The van der Waals surface area contributed by atoms with Gasteiger partial charge in [0.15, 0.2) is 0 Å². The Kier molecular flexibility index (Phi) is 2.47. The lowest BCUT2D eigenvalue weighted by atomic mass is 10.4. The summed E-state index contributed by atoms with van der Waals surface area (Å²) in [5.41, 5.74) is 2.00. The van der Waals surface area contributed by atoms with E-state index in [2.05, 4.69) is 20.3 Å². The first-order chi connectivity index (χ1) is 7.59. The molecule has 0 bridgehead atoms. The molecule has 0 aliphatic carbocycles. The van der Waals surface area contributed by atoms with Gasteiger partial charge in [0.1, 0.15) is 0 Å². The van der Waals surface area contributed by atoms with Crippen LogP contribution in [-0.2, 0) is 4.79 Å². The molecule has 0 saturated carbocycles. The van der Waals surface area contributed by atoms with E-state index in [0.29, 0.717) is 11.6 Å². The van der Waals surface area contributed by atoms with Gasteiger partial charge in [-0.3, -0.25) is 9.36 Å². The molecule has 2 aromatic rings. The second-order valence-electron chi connectivity index (χ2n) is 3.57. The first-order valence-corrected chi connectivity index (χ1v) is 4.85. The molecule has 6 nitrogen and oxygen atoms in total. The van der Waals surface area contributed by atoms with Crippen molar-refractivity contribution in [1.82, 2.24) is 14.9 Å². The van der Waals surface area contributed by atoms with Crippen molar-refractivity contribution in [3.05, 3.63) is 23.5 Å². The van der Waals surface area contributed by atoms with E-state index in [4.69, 9.17) is 0 Å². The van der Waals surface area contributed by atoms with Gasteiger partial charge < -0.3 is 5.32 Å². The van der Waals surface area contributed by atoms with Gasteiger partial charge in [0.25, 0.3) is 0 Å². The summed E-state index contributed by atoms with van der Waals surface area (Å²) in [6, 6.07) is 3.92. The third-order valence-corrected chi connectivity index (χ3v) is 2.25. The lowest BCUT2D eigenvalue weighted by Gasteiger charge is -2.05. The molecule has 2 aromatic heterocycles. The Morgan fingerprint density at radius 2 is 1.94 bits per heavy atom. The molecule has 1 amide bonds. The minimum atomic E-state index is -0.209. The van der Waals surface area contributed by atoms with Crippen molar-refractivity contribution in [2.45, 2.75) is 20.8 Å². The lowest BCUT2D eigenvalue weighted by molar-refractivity contribution is -0.114. The fourth-order valence-corrected chi connectivity index (χ4v) is 1.58. The molecule has 2 heterocycles. The highest BCUT2D eigenvalue weighted by Crippen LogP contribution is 2.20. The molecule has 0 saturated heterocycles. The number of anilines is 1. The van der Waals surface area contributed by atoms with Crippen LogP contribution in [0.5, 0.6) is 0 Å². The molecule has 0 spiro atoms. The molecule has 0 aliphatic heterocycles. The summed E-state index contributed by atoms with van der Waals surface area (Å²) in [6.07, 6.45) is 0. The molecule has 84 valence electrons. The molecule has 0 aliphatic rings. The first-order valence-electron chi connectivity index (χ1n) is 4.85. The maximum Gasteiger partial charge on any atom is 0.226 e. The number of nitrogens with one attached hydrogen (secondary N) is 1. The minimum absolute atomic E-state index is 0.209. The molecule has 0 aromatic carbocycles. The number of aromatic nitrogens is 3. The summed E-state index contributed by atoms with van der Waals surface area (Å²) in [6.45, 7) is 5.30. The average Bonchev–Trinajstić information content (AvgIpc) is 2.74. The van der Waals surface area contributed by atoms with Crippen molar-refractivity contribution in [2.75, 3.05) is 5.32 Å². The fourth-order valence-electron chi connectivity index (χ4n) is 1.58. The number of carbonyl (C=O) groups is 1. The Bertz CT molecular complexity index is 507. The van der Waals surface area contributed by atoms with Crippen molar-refractivity contribution in [3.63, 3.8) is 0 Å². The van der Waals surface area contributed by atoms with E-state index in [-0.39, 0.29) is 5.91 Å².